The van der Waals surface area contributed by atoms with Gasteiger partial charge in [0.2, 0.25) is 0 Å². The summed E-state index contributed by atoms with van der Waals surface area (Å²) in [6.07, 6.45) is 1.48. The van der Waals surface area contributed by atoms with Crippen molar-refractivity contribution < 1.29 is 14.6 Å². The zero-order valence-electron chi connectivity index (χ0n) is 14.4. The van der Waals surface area contributed by atoms with E-state index in [1.54, 1.807) is 0 Å². The Hall–Kier alpha value is -1.22. The molecule has 0 atom stereocenters. The lowest BCUT2D eigenvalue weighted by Crippen LogP contribution is -2.18. The number of aryl methyl sites for hydroxylation is 1. The maximum Gasteiger partial charge on any atom is 0.403 e. The van der Waals surface area contributed by atoms with E-state index in [-0.39, 0.29) is 10.8 Å². The van der Waals surface area contributed by atoms with Crippen molar-refractivity contribution in [3.8, 4) is 5.75 Å². The summed E-state index contributed by atoms with van der Waals surface area (Å²) >= 11 is 5.16. The van der Waals surface area contributed by atoms with Gasteiger partial charge in [0.1, 0.15) is 5.75 Å². The summed E-state index contributed by atoms with van der Waals surface area (Å²) in [5.41, 5.74) is 1.99. The molecule has 22 heavy (non-hydrogen) atoms. The smallest absolute Gasteiger partial charge is 0.403 e. The van der Waals surface area contributed by atoms with Crippen molar-refractivity contribution in [2.45, 2.75) is 65.2 Å². The Morgan fingerprint density at radius 2 is 1.55 bits per heavy atom. The van der Waals surface area contributed by atoms with E-state index in [4.69, 9.17) is 16.3 Å². The molecule has 1 N–H and O–H groups in total. The quantitative estimate of drug-likeness (QED) is 0.603. The largest absolute Gasteiger partial charge is 0.507 e. The fourth-order valence-corrected chi connectivity index (χ4v) is 2.49. The van der Waals surface area contributed by atoms with Crippen molar-refractivity contribution in [3.63, 3.8) is 0 Å². The van der Waals surface area contributed by atoms with Gasteiger partial charge in [-0.1, -0.05) is 53.7 Å². The van der Waals surface area contributed by atoms with Crippen LogP contribution < -0.4 is 0 Å². The van der Waals surface area contributed by atoms with Crippen LogP contribution in [0.5, 0.6) is 5.75 Å². The van der Waals surface area contributed by atoms with Crippen molar-refractivity contribution in [2.75, 3.05) is 6.61 Å². The first-order valence-electron chi connectivity index (χ1n) is 7.62. The molecule has 0 radical (unpaired) electrons. The predicted octanol–water partition coefficient (Wildman–Crippen LogP) is 5.30. The molecule has 0 unspecified atom stereocenters. The number of phenolic OH excluding ortho intramolecular Hbond substituents is 1. The third kappa shape index (κ3) is 5.20. The molecule has 1 aromatic carbocycles. The monoisotopic (exact) mass is 326 g/mol. The minimum absolute atomic E-state index is 0.136. The van der Waals surface area contributed by atoms with Crippen LogP contribution in [0.3, 0.4) is 0 Å². The Morgan fingerprint density at radius 3 is 1.91 bits per heavy atom. The van der Waals surface area contributed by atoms with Crippen LogP contribution >= 0.6 is 11.6 Å². The second kappa shape index (κ2) is 6.91. The Kier molecular flexibility index (Phi) is 5.91. The summed E-state index contributed by atoms with van der Waals surface area (Å²) in [5.74, 6) is 0.385. The van der Waals surface area contributed by atoms with Gasteiger partial charge >= 0.3 is 5.43 Å². The molecule has 0 heterocycles. The number of carbonyl (C=O) groups excluding carboxylic acids is 1. The number of halogens is 1. The molecule has 0 saturated heterocycles. The molecular weight excluding hydrogens is 300 g/mol. The zero-order chi connectivity index (χ0) is 17.1. The van der Waals surface area contributed by atoms with Crippen LogP contribution in [0.2, 0.25) is 0 Å². The number of aromatic hydroxyl groups is 1. The molecule has 1 aromatic rings. The molecule has 0 spiro atoms. The highest BCUT2D eigenvalue weighted by Crippen LogP contribution is 2.39. The Balaban J connectivity index is 3.10. The first-order valence-corrected chi connectivity index (χ1v) is 8.00. The van der Waals surface area contributed by atoms with E-state index in [1.807, 2.05) is 12.1 Å². The topological polar surface area (TPSA) is 46.5 Å². The molecule has 1 rings (SSSR count). The Bertz CT molecular complexity index is 501. The molecule has 0 aliphatic heterocycles. The minimum Gasteiger partial charge on any atom is -0.507 e. The summed E-state index contributed by atoms with van der Waals surface area (Å²) in [6, 6.07) is 4.10. The van der Waals surface area contributed by atoms with Gasteiger partial charge in [-0.05, 0) is 40.4 Å². The average molecular weight is 327 g/mol. The number of phenols is 1. The van der Waals surface area contributed by atoms with Gasteiger partial charge in [-0.3, -0.25) is 0 Å². The number of hydrogen-bond acceptors (Lipinski definition) is 3. The molecule has 0 amide bonds. The normalized spacial score (nSPS) is 12.3. The number of benzene rings is 1. The second-order valence-electron chi connectivity index (χ2n) is 7.73. The number of rotatable bonds is 4. The van der Waals surface area contributed by atoms with Crippen molar-refractivity contribution in [3.05, 3.63) is 28.8 Å². The Morgan fingerprint density at radius 1 is 1.09 bits per heavy atom. The maximum atomic E-state index is 10.6. The van der Waals surface area contributed by atoms with Crippen LogP contribution in [0.15, 0.2) is 12.1 Å². The zero-order valence-corrected chi connectivity index (χ0v) is 15.2. The van der Waals surface area contributed by atoms with Crippen LogP contribution in [0, 0.1) is 0 Å². The average Bonchev–Trinajstić information content (AvgIpc) is 2.33. The lowest BCUT2D eigenvalue weighted by Gasteiger charge is -2.28. The molecule has 124 valence electrons. The van der Waals surface area contributed by atoms with Gasteiger partial charge < -0.3 is 9.84 Å². The number of hydrogen-bond donors (Lipinski definition) is 1. The van der Waals surface area contributed by atoms with Crippen molar-refractivity contribution >= 4 is 17.0 Å². The van der Waals surface area contributed by atoms with Crippen LogP contribution in [0.1, 0.15) is 64.7 Å². The molecule has 0 bridgehead atoms. The van der Waals surface area contributed by atoms with Gasteiger partial charge in [0.15, 0.2) is 0 Å². The predicted molar refractivity (Wildman–Crippen MR) is 91.0 cm³/mol. The number of ether oxygens (including phenoxy) is 1. The third-order valence-electron chi connectivity index (χ3n) is 3.61. The molecule has 3 nitrogen and oxygen atoms in total. The van der Waals surface area contributed by atoms with Crippen molar-refractivity contribution in [2.24, 2.45) is 0 Å². The highest BCUT2D eigenvalue weighted by molar-refractivity contribution is 6.61. The summed E-state index contributed by atoms with van der Waals surface area (Å²) < 4.78 is 4.76. The molecule has 0 aliphatic carbocycles. The van der Waals surface area contributed by atoms with E-state index in [9.17, 15) is 9.90 Å². The van der Waals surface area contributed by atoms with Crippen molar-refractivity contribution in [1.29, 1.82) is 0 Å². The highest BCUT2D eigenvalue weighted by atomic mass is 35.5. The van der Waals surface area contributed by atoms with E-state index in [0.717, 1.165) is 23.1 Å². The Labute approximate surface area is 138 Å². The SMILES string of the molecule is CC(C)(C)c1cc(CCCOC(=O)Cl)cc(C(C)(C)C)c1O. The van der Waals surface area contributed by atoms with Gasteiger partial charge in [0.25, 0.3) is 0 Å². The summed E-state index contributed by atoms with van der Waals surface area (Å²) in [4.78, 5) is 10.6. The standard InChI is InChI=1S/C18H27ClO3/c1-17(2,3)13-10-12(8-7-9-22-16(19)21)11-14(15(13)20)18(4,5)6/h10-11,20H,7-9H2,1-6H3. The number of carbonyl (C=O) groups is 1. The van der Waals surface area contributed by atoms with Gasteiger partial charge in [-0.15, -0.1) is 0 Å². The van der Waals surface area contributed by atoms with E-state index < -0.39 is 5.43 Å². The van der Waals surface area contributed by atoms with Gasteiger partial charge in [0, 0.05) is 11.6 Å². The minimum atomic E-state index is -0.767. The molecule has 0 aromatic heterocycles. The summed E-state index contributed by atoms with van der Waals surface area (Å²) in [7, 11) is 0. The van der Waals surface area contributed by atoms with E-state index >= 15 is 0 Å². The first kappa shape index (κ1) is 18.8. The van der Waals surface area contributed by atoms with Gasteiger partial charge in [-0.2, -0.15) is 0 Å². The third-order valence-corrected chi connectivity index (χ3v) is 3.72. The van der Waals surface area contributed by atoms with Crippen LogP contribution in [0.25, 0.3) is 0 Å². The van der Waals surface area contributed by atoms with Crippen molar-refractivity contribution in [1.82, 2.24) is 0 Å². The van der Waals surface area contributed by atoms with E-state index in [0.29, 0.717) is 18.8 Å². The fraction of sp³-hybridized carbons (Fsp3) is 0.611. The van der Waals surface area contributed by atoms with Crippen LogP contribution in [-0.4, -0.2) is 17.1 Å². The van der Waals surface area contributed by atoms with Crippen LogP contribution in [0.4, 0.5) is 4.79 Å². The molecule has 4 heteroatoms. The lowest BCUT2D eigenvalue weighted by molar-refractivity contribution is 0.172. The summed E-state index contributed by atoms with van der Waals surface area (Å²) in [6.45, 7) is 12.8. The van der Waals surface area contributed by atoms with E-state index in [2.05, 4.69) is 41.5 Å². The second-order valence-corrected chi connectivity index (χ2v) is 8.04. The fourth-order valence-electron chi connectivity index (χ4n) is 2.41. The molecular formula is C18H27ClO3. The lowest BCUT2D eigenvalue weighted by atomic mass is 9.78. The molecule has 0 saturated carbocycles. The molecule has 0 aliphatic rings. The highest BCUT2D eigenvalue weighted by Gasteiger charge is 2.26. The van der Waals surface area contributed by atoms with E-state index in [1.165, 1.54) is 0 Å². The molecule has 0 fully saturated rings. The van der Waals surface area contributed by atoms with Crippen LogP contribution in [-0.2, 0) is 22.0 Å². The summed E-state index contributed by atoms with van der Waals surface area (Å²) in [5, 5.41) is 10.6. The van der Waals surface area contributed by atoms with Gasteiger partial charge in [0.05, 0.1) is 6.61 Å². The first-order chi connectivity index (χ1) is 9.93. The maximum absolute atomic E-state index is 10.6. The van der Waals surface area contributed by atoms with Gasteiger partial charge in [-0.25, -0.2) is 4.79 Å².